The van der Waals surface area contributed by atoms with E-state index in [1.165, 1.54) is 11.5 Å². The zero-order chi connectivity index (χ0) is 21.5. The second-order valence-corrected chi connectivity index (χ2v) is 7.98. The van der Waals surface area contributed by atoms with Gasteiger partial charge in [0.25, 0.3) is 0 Å². The number of fused-ring (bicyclic) bond motifs is 1. The van der Waals surface area contributed by atoms with Crippen molar-refractivity contribution in [3.63, 3.8) is 0 Å². The van der Waals surface area contributed by atoms with Crippen LogP contribution in [-0.4, -0.2) is 51.6 Å². The van der Waals surface area contributed by atoms with Crippen LogP contribution in [0.25, 0.3) is 10.1 Å². The number of carboxylic acids is 1. The maximum Gasteiger partial charge on any atom is 0.417 e. The van der Waals surface area contributed by atoms with E-state index in [1.807, 2.05) is 62.4 Å². The summed E-state index contributed by atoms with van der Waals surface area (Å²) >= 11 is 1.36. The lowest BCUT2D eigenvalue weighted by Gasteiger charge is -2.30. The minimum atomic E-state index is -1.62. The number of ether oxygens (including phenoxy) is 2. The average Bonchev–Trinajstić information content (AvgIpc) is 3.21. The standard InChI is InChI=1S/C22H24N2O5S/c1-15(2)24(12-16-7-4-3-5-8-16)13-17(29-22(27)21(25)26)14-28-19-9-6-10-20-18(19)11-23-30-20/h3-11,15,17H,12-14H2,1-2H3,(H,25,26). The smallest absolute Gasteiger partial charge is 0.417 e. The van der Waals surface area contributed by atoms with Gasteiger partial charge in [0.05, 0.1) is 16.3 Å². The Morgan fingerprint density at radius 1 is 1.13 bits per heavy atom. The van der Waals surface area contributed by atoms with Gasteiger partial charge in [-0.1, -0.05) is 36.4 Å². The summed E-state index contributed by atoms with van der Waals surface area (Å²) < 4.78 is 16.3. The van der Waals surface area contributed by atoms with Gasteiger partial charge in [-0.3, -0.25) is 4.90 Å². The van der Waals surface area contributed by atoms with Gasteiger partial charge in [-0.25, -0.2) is 9.59 Å². The molecule has 0 aliphatic carbocycles. The van der Waals surface area contributed by atoms with Gasteiger partial charge < -0.3 is 14.6 Å². The predicted molar refractivity (Wildman–Crippen MR) is 115 cm³/mol. The lowest BCUT2D eigenvalue weighted by molar-refractivity contribution is -0.169. The van der Waals surface area contributed by atoms with E-state index in [9.17, 15) is 9.59 Å². The molecule has 158 valence electrons. The van der Waals surface area contributed by atoms with Crippen molar-refractivity contribution in [2.45, 2.75) is 32.5 Å². The topological polar surface area (TPSA) is 89.0 Å². The van der Waals surface area contributed by atoms with Crippen molar-refractivity contribution in [3.05, 3.63) is 60.3 Å². The molecule has 0 aliphatic heterocycles. The van der Waals surface area contributed by atoms with Gasteiger partial charge in [-0.05, 0) is 43.1 Å². The average molecular weight is 429 g/mol. The molecule has 1 unspecified atom stereocenters. The molecule has 30 heavy (non-hydrogen) atoms. The molecule has 1 aromatic heterocycles. The molecule has 0 fully saturated rings. The molecule has 0 saturated carbocycles. The third-order valence-electron chi connectivity index (χ3n) is 4.63. The van der Waals surface area contributed by atoms with Crippen molar-refractivity contribution >= 4 is 33.6 Å². The summed E-state index contributed by atoms with van der Waals surface area (Å²) in [5.41, 5.74) is 1.12. The van der Waals surface area contributed by atoms with E-state index in [1.54, 1.807) is 6.20 Å². The molecule has 0 saturated heterocycles. The van der Waals surface area contributed by atoms with E-state index in [0.29, 0.717) is 18.8 Å². The van der Waals surface area contributed by atoms with Crippen LogP contribution >= 0.6 is 11.5 Å². The molecule has 0 radical (unpaired) electrons. The van der Waals surface area contributed by atoms with Crippen LogP contribution in [0.4, 0.5) is 0 Å². The highest BCUT2D eigenvalue weighted by Gasteiger charge is 2.25. The Labute approximate surface area is 179 Å². The summed E-state index contributed by atoms with van der Waals surface area (Å²) in [7, 11) is 0. The molecule has 7 nitrogen and oxygen atoms in total. The van der Waals surface area contributed by atoms with Crippen LogP contribution < -0.4 is 4.74 Å². The van der Waals surface area contributed by atoms with Crippen LogP contribution in [0.1, 0.15) is 19.4 Å². The molecule has 2 aromatic carbocycles. The van der Waals surface area contributed by atoms with Gasteiger partial charge in [0, 0.05) is 19.1 Å². The van der Waals surface area contributed by atoms with E-state index >= 15 is 0 Å². The number of aromatic nitrogens is 1. The molecule has 0 bridgehead atoms. The second kappa shape index (κ2) is 10.2. The quantitative estimate of drug-likeness (QED) is 0.412. The van der Waals surface area contributed by atoms with E-state index in [0.717, 1.165) is 15.6 Å². The third kappa shape index (κ3) is 5.77. The SMILES string of the molecule is CC(C)N(Cc1ccccc1)CC(COc1cccc2sncc12)OC(=O)C(=O)O. The number of carbonyl (C=O) groups excluding carboxylic acids is 1. The lowest BCUT2D eigenvalue weighted by atomic mass is 10.1. The van der Waals surface area contributed by atoms with E-state index in [4.69, 9.17) is 14.6 Å². The van der Waals surface area contributed by atoms with Crippen LogP contribution in [-0.2, 0) is 20.9 Å². The molecule has 0 amide bonds. The fourth-order valence-electron chi connectivity index (χ4n) is 3.04. The number of hydrogen-bond donors (Lipinski definition) is 1. The first-order chi connectivity index (χ1) is 14.4. The Morgan fingerprint density at radius 2 is 1.90 bits per heavy atom. The zero-order valence-corrected chi connectivity index (χ0v) is 17.7. The Balaban J connectivity index is 1.74. The normalized spacial score (nSPS) is 12.3. The number of rotatable bonds is 9. The Morgan fingerprint density at radius 3 is 2.60 bits per heavy atom. The number of nitrogens with zero attached hydrogens (tertiary/aromatic N) is 2. The van der Waals surface area contributed by atoms with Gasteiger partial charge in [0.15, 0.2) is 0 Å². The van der Waals surface area contributed by atoms with Gasteiger partial charge in [-0.15, -0.1) is 0 Å². The molecule has 3 rings (SSSR count). The van der Waals surface area contributed by atoms with Crippen LogP contribution in [0.15, 0.2) is 54.7 Å². The fourth-order valence-corrected chi connectivity index (χ4v) is 3.70. The van der Waals surface area contributed by atoms with Crippen molar-refractivity contribution < 1.29 is 24.2 Å². The number of carboxylic acid groups (broad SMARTS) is 1. The van der Waals surface area contributed by atoms with Crippen molar-refractivity contribution in [1.29, 1.82) is 0 Å². The first-order valence-electron chi connectivity index (χ1n) is 9.62. The Hall–Kier alpha value is -2.97. The van der Waals surface area contributed by atoms with Gasteiger partial charge >= 0.3 is 11.9 Å². The summed E-state index contributed by atoms with van der Waals surface area (Å²) in [4.78, 5) is 24.9. The number of aliphatic carboxylic acids is 1. The molecular formula is C22H24N2O5S. The van der Waals surface area contributed by atoms with Crippen molar-refractivity contribution in [1.82, 2.24) is 9.27 Å². The molecule has 8 heteroatoms. The molecule has 1 heterocycles. The maximum atomic E-state index is 11.7. The van der Waals surface area contributed by atoms with Crippen LogP contribution in [0.3, 0.4) is 0 Å². The van der Waals surface area contributed by atoms with Gasteiger partial charge in [0.2, 0.25) is 0 Å². The fraction of sp³-hybridized carbons (Fsp3) is 0.318. The molecule has 1 atom stereocenters. The number of hydrogen-bond acceptors (Lipinski definition) is 7. The number of carbonyl (C=O) groups is 2. The molecule has 1 N–H and O–H groups in total. The highest BCUT2D eigenvalue weighted by atomic mass is 32.1. The van der Waals surface area contributed by atoms with Crippen molar-refractivity contribution in [3.8, 4) is 5.75 Å². The summed E-state index contributed by atoms with van der Waals surface area (Å²) in [5.74, 6) is -2.29. The van der Waals surface area contributed by atoms with Gasteiger partial charge in [-0.2, -0.15) is 4.37 Å². The Bertz CT molecular complexity index is 989. The highest BCUT2D eigenvalue weighted by molar-refractivity contribution is 7.13. The number of benzene rings is 2. The van der Waals surface area contributed by atoms with Gasteiger partial charge in [0.1, 0.15) is 18.5 Å². The van der Waals surface area contributed by atoms with E-state index in [-0.39, 0.29) is 12.6 Å². The first-order valence-corrected chi connectivity index (χ1v) is 10.4. The van der Waals surface area contributed by atoms with Crippen molar-refractivity contribution in [2.75, 3.05) is 13.2 Å². The van der Waals surface area contributed by atoms with Crippen LogP contribution in [0, 0.1) is 0 Å². The van der Waals surface area contributed by atoms with Crippen molar-refractivity contribution in [2.24, 2.45) is 0 Å². The summed E-state index contributed by atoms with van der Waals surface area (Å²) in [6, 6.07) is 15.7. The monoisotopic (exact) mass is 428 g/mol. The molecule has 0 aliphatic rings. The van der Waals surface area contributed by atoms with E-state index in [2.05, 4.69) is 9.27 Å². The predicted octanol–water partition coefficient (Wildman–Crippen LogP) is 3.58. The Kier molecular flexibility index (Phi) is 7.37. The third-order valence-corrected chi connectivity index (χ3v) is 5.39. The first kappa shape index (κ1) is 21.7. The minimum absolute atomic E-state index is 0.0337. The summed E-state index contributed by atoms with van der Waals surface area (Å²) in [6.07, 6.45) is 0.977. The lowest BCUT2D eigenvalue weighted by Crippen LogP contribution is -2.42. The van der Waals surface area contributed by atoms with E-state index < -0.39 is 18.0 Å². The summed E-state index contributed by atoms with van der Waals surface area (Å²) in [6.45, 7) is 5.09. The second-order valence-electron chi connectivity index (χ2n) is 7.15. The summed E-state index contributed by atoms with van der Waals surface area (Å²) in [5, 5.41) is 9.84. The van der Waals surface area contributed by atoms with Crippen LogP contribution in [0.2, 0.25) is 0 Å². The van der Waals surface area contributed by atoms with Crippen LogP contribution in [0.5, 0.6) is 5.75 Å². The molecule has 0 spiro atoms. The molecule has 3 aromatic rings. The minimum Gasteiger partial charge on any atom is -0.489 e. The largest absolute Gasteiger partial charge is 0.489 e. The molecular weight excluding hydrogens is 404 g/mol. The highest BCUT2D eigenvalue weighted by Crippen LogP contribution is 2.28. The maximum absolute atomic E-state index is 11.7. The number of esters is 1. The zero-order valence-electron chi connectivity index (χ0n) is 16.9.